The summed E-state index contributed by atoms with van der Waals surface area (Å²) in [5, 5.41) is 12.9. The Labute approximate surface area is 326 Å². The molecule has 2 aromatic carbocycles. The summed E-state index contributed by atoms with van der Waals surface area (Å²) in [6.07, 6.45) is 6.09. The normalized spacial score (nSPS) is 17.7. The van der Waals surface area contributed by atoms with Crippen molar-refractivity contribution in [3.8, 4) is 10.8 Å². The molecule has 1 N–H and O–H groups in total. The van der Waals surface area contributed by atoms with E-state index in [4.69, 9.17) is 26.3 Å². The summed E-state index contributed by atoms with van der Waals surface area (Å²) in [5.74, 6) is -0.206. The molecule has 8 rings (SSSR count). The third-order valence-electron chi connectivity index (χ3n) is 10.4. The summed E-state index contributed by atoms with van der Waals surface area (Å²) in [7, 11) is 0. The summed E-state index contributed by atoms with van der Waals surface area (Å²) >= 11 is 8.00. The van der Waals surface area contributed by atoms with Gasteiger partial charge in [0.15, 0.2) is 5.82 Å². The number of fused-ring (bicyclic) bond motifs is 4. The Balaban J connectivity index is 0.879. The van der Waals surface area contributed by atoms with Gasteiger partial charge in [-0.15, -0.1) is 21.5 Å². The first-order chi connectivity index (χ1) is 26.6. The van der Waals surface area contributed by atoms with Crippen molar-refractivity contribution < 1.29 is 23.9 Å². The molecular formula is C41H38ClN7O5S. The van der Waals surface area contributed by atoms with Gasteiger partial charge in [-0.25, -0.2) is 0 Å². The molecular weight excluding hydrogens is 738 g/mol. The Morgan fingerprint density at radius 3 is 2.51 bits per heavy atom. The zero-order chi connectivity index (χ0) is 38.4. The van der Waals surface area contributed by atoms with Gasteiger partial charge in [0.25, 0.3) is 11.8 Å². The molecule has 0 spiro atoms. The quantitative estimate of drug-likeness (QED) is 0.118. The summed E-state index contributed by atoms with van der Waals surface area (Å²) in [5.41, 5.74) is 6.75. The van der Waals surface area contributed by atoms with E-state index in [1.807, 2.05) is 37.4 Å². The number of carbonyl (C=O) groups excluding carboxylic acids is 4. The van der Waals surface area contributed by atoms with Gasteiger partial charge in [0, 0.05) is 39.3 Å². The number of halogens is 1. The van der Waals surface area contributed by atoms with Gasteiger partial charge < -0.3 is 4.74 Å². The number of piperidine rings is 1. The minimum atomic E-state index is -1.02. The predicted octanol–water partition coefficient (Wildman–Crippen LogP) is 6.49. The molecule has 3 aromatic heterocycles. The van der Waals surface area contributed by atoms with Crippen LogP contribution < -0.4 is 10.1 Å². The van der Waals surface area contributed by atoms with Gasteiger partial charge in [0.2, 0.25) is 11.8 Å². The van der Waals surface area contributed by atoms with Gasteiger partial charge in [0.1, 0.15) is 28.7 Å². The maximum Gasteiger partial charge on any atom is 0.266 e. The van der Waals surface area contributed by atoms with E-state index in [2.05, 4.69) is 46.1 Å². The maximum absolute atomic E-state index is 13.3. The number of benzene rings is 2. The number of nitrogens with zero attached hydrogens (tertiary/aromatic N) is 6. The third-order valence-corrected chi connectivity index (χ3v) is 12.0. The van der Waals surface area contributed by atoms with Crippen molar-refractivity contribution in [1.29, 1.82) is 0 Å². The largest absolute Gasteiger partial charge is 0.493 e. The van der Waals surface area contributed by atoms with E-state index in [0.717, 1.165) is 81.7 Å². The topological polar surface area (TPSA) is 149 Å². The highest BCUT2D eigenvalue weighted by Crippen LogP contribution is 2.40. The van der Waals surface area contributed by atoms with E-state index in [0.29, 0.717) is 17.4 Å². The molecule has 0 radical (unpaired) electrons. The Morgan fingerprint density at radius 1 is 0.927 bits per heavy atom. The Bertz CT molecular complexity index is 2380. The van der Waals surface area contributed by atoms with Crippen LogP contribution >= 0.6 is 22.9 Å². The summed E-state index contributed by atoms with van der Waals surface area (Å²) in [6, 6.07) is 15.8. The summed E-state index contributed by atoms with van der Waals surface area (Å²) < 4.78 is 8.15. The van der Waals surface area contributed by atoms with Crippen LogP contribution in [0.2, 0.25) is 5.02 Å². The van der Waals surface area contributed by atoms with Crippen LogP contribution in [0.1, 0.15) is 104 Å². The molecule has 0 saturated carbocycles. The van der Waals surface area contributed by atoms with Crippen LogP contribution in [-0.4, -0.2) is 66.6 Å². The molecule has 2 atom stereocenters. The van der Waals surface area contributed by atoms with E-state index >= 15 is 0 Å². The molecule has 12 nitrogen and oxygen atoms in total. The van der Waals surface area contributed by atoms with Crippen LogP contribution in [0.5, 0.6) is 5.75 Å². The van der Waals surface area contributed by atoms with Crippen molar-refractivity contribution in [2.24, 2.45) is 4.99 Å². The molecule has 280 valence electrons. The predicted molar refractivity (Wildman–Crippen MR) is 207 cm³/mol. The van der Waals surface area contributed by atoms with Crippen LogP contribution in [0.3, 0.4) is 0 Å². The van der Waals surface area contributed by atoms with E-state index in [1.54, 1.807) is 29.5 Å². The van der Waals surface area contributed by atoms with Crippen LogP contribution in [0, 0.1) is 13.8 Å². The highest BCUT2D eigenvalue weighted by Gasteiger charge is 2.46. The molecule has 3 aliphatic rings. The molecule has 1 saturated heterocycles. The first-order valence-corrected chi connectivity index (χ1v) is 19.6. The fraction of sp³-hybridized carbons (Fsp3) is 0.317. The fourth-order valence-electron chi connectivity index (χ4n) is 7.47. The van der Waals surface area contributed by atoms with Gasteiger partial charge in [-0.1, -0.05) is 35.9 Å². The second-order valence-corrected chi connectivity index (χ2v) is 15.5. The van der Waals surface area contributed by atoms with Gasteiger partial charge >= 0.3 is 0 Å². The molecule has 3 aliphatic heterocycles. The highest BCUT2D eigenvalue weighted by atomic mass is 35.5. The molecule has 1 unspecified atom stereocenters. The lowest BCUT2D eigenvalue weighted by Gasteiger charge is -2.27. The first-order valence-electron chi connectivity index (χ1n) is 18.4. The fourth-order valence-corrected chi connectivity index (χ4v) is 8.96. The zero-order valence-electron chi connectivity index (χ0n) is 30.6. The molecule has 1 fully saturated rings. The van der Waals surface area contributed by atoms with Gasteiger partial charge in [-0.05, 0) is 101 Å². The number of nitrogens with one attached hydrogen (secondary N) is 1. The number of imide groups is 2. The van der Waals surface area contributed by atoms with Crippen molar-refractivity contribution in [1.82, 2.24) is 30.0 Å². The van der Waals surface area contributed by atoms with Crippen molar-refractivity contribution in [2.75, 3.05) is 6.61 Å². The minimum Gasteiger partial charge on any atom is -0.493 e. The summed E-state index contributed by atoms with van der Waals surface area (Å²) in [4.78, 5) is 62.6. The van der Waals surface area contributed by atoms with E-state index < -0.39 is 29.7 Å². The molecule has 14 heteroatoms. The van der Waals surface area contributed by atoms with E-state index in [9.17, 15) is 19.2 Å². The number of hydrogen-bond acceptors (Lipinski definition) is 10. The van der Waals surface area contributed by atoms with Crippen LogP contribution in [0.25, 0.3) is 5.00 Å². The van der Waals surface area contributed by atoms with Crippen LogP contribution in [0.4, 0.5) is 0 Å². The van der Waals surface area contributed by atoms with E-state index in [1.165, 1.54) is 10.4 Å². The standard InChI is InChI=1S/C41H38ClN7O5S/c1-22-32(55-41-34(22)36(26-11-13-27(42)14-12-26)44-23(2)37-47-46-24(3)48(37)41)18-16-28-15-10-25(21-43-28)7-4-5-20-54-31-9-6-8-29-35(31)40(53)49(39(29)52)30-17-19-33(50)45-38(30)51/h6,8-15,21,23,30H,4-5,7,16-20H2,1-3H3,(H,45,50,51)/t23-,30?/m0/s1. The van der Waals surface area contributed by atoms with Crippen molar-refractivity contribution >= 4 is 52.3 Å². The number of aromatic nitrogens is 4. The second-order valence-electron chi connectivity index (χ2n) is 14.0. The van der Waals surface area contributed by atoms with E-state index in [-0.39, 0.29) is 30.0 Å². The van der Waals surface area contributed by atoms with Crippen molar-refractivity contribution in [3.05, 3.63) is 121 Å². The van der Waals surface area contributed by atoms with Gasteiger partial charge in [0.05, 0.1) is 23.4 Å². The van der Waals surface area contributed by atoms with Gasteiger partial charge in [-0.2, -0.15) is 0 Å². The molecule has 6 heterocycles. The molecule has 55 heavy (non-hydrogen) atoms. The average Bonchev–Trinajstić information content (AvgIpc) is 3.77. The van der Waals surface area contributed by atoms with Crippen LogP contribution in [-0.2, 0) is 28.9 Å². The lowest BCUT2D eigenvalue weighted by molar-refractivity contribution is -0.136. The number of aryl methyl sites for hydroxylation is 4. The first kappa shape index (κ1) is 36.4. The Hall–Kier alpha value is -5.53. The van der Waals surface area contributed by atoms with Crippen molar-refractivity contribution in [3.63, 3.8) is 0 Å². The highest BCUT2D eigenvalue weighted by molar-refractivity contribution is 7.15. The van der Waals surface area contributed by atoms with Crippen LogP contribution in [0.15, 0.2) is 65.8 Å². The number of ether oxygens (including phenoxy) is 1. The number of thiophene rings is 1. The maximum atomic E-state index is 13.3. The third kappa shape index (κ3) is 6.87. The average molecular weight is 776 g/mol. The SMILES string of the molecule is Cc1c(CCc2ccc(CCCCOc3cccc4c3C(=O)N(C3CCC(=O)NC3=O)C4=O)cn2)sc2c1C(c1ccc(Cl)cc1)=N[C@@H](C)c1nnc(C)n1-2. The number of hydrogen-bond donors (Lipinski definition) is 1. The number of pyridine rings is 1. The number of aliphatic imine (C=N–C) groups is 1. The monoisotopic (exact) mass is 775 g/mol. The molecule has 4 amide bonds. The van der Waals surface area contributed by atoms with Gasteiger partial charge in [-0.3, -0.25) is 43.9 Å². The number of amides is 4. The Morgan fingerprint density at radius 2 is 1.75 bits per heavy atom. The molecule has 5 aromatic rings. The Kier molecular flexibility index (Phi) is 9.91. The smallest absolute Gasteiger partial charge is 0.266 e. The number of carbonyl (C=O) groups is 4. The minimum absolute atomic E-state index is 0.0662. The lowest BCUT2D eigenvalue weighted by atomic mass is 9.98. The summed E-state index contributed by atoms with van der Waals surface area (Å²) in [6.45, 7) is 6.55. The zero-order valence-corrected chi connectivity index (χ0v) is 32.2. The molecule has 0 bridgehead atoms. The number of unbranched alkanes of at least 4 members (excludes halogenated alkanes) is 1. The molecule has 0 aliphatic carbocycles. The second kappa shape index (κ2) is 15.0. The van der Waals surface area contributed by atoms with Crippen molar-refractivity contribution in [2.45, 2.75) is 77.8 Å². The lowest BCUT2D eigenvalue weighted by Crippen LogP contribution is -2.54. The number of rotatable bonds is 11.